The lowest BCUT2D eigenvalue weighted by molar-refractivity contribution is 1.23. The van der Waals surface area contributed by atoms with E-state index in [0.717, 1.165) is 30.2 Å². The van der Waals surface area contributed by atoms with E-state index in [0.29, 0.717) is 0 Å². The molecule has 0 N–H and O–H groups in total. The molecule has 0 fully saturated rings. The summed E-state index contributed by atoms with van der Waals surface area (Å²) in [5, 5.41) is 2.60. The average molecular weight is 312 g/mol. The van der Waals surface area contributed by atoms with Crippen LogP contribution < -0.4 is 0 Å². The van der Waals surface area contributed by atoms with E-state index in [-0.39, 0.29) is 5.38 Å². The summed E-state index contributed by atoms with van der Waals surface area (Å²) >= 11 is 21.8. The Bertz CT molecular complexity index is 494. The molecule has 2 aromatic heterocycles. The van der Waals surface area contributed by atoms with Gasteiger partial charge in [0.15, 0.2) is 0 Å². The smallest absolute Gasteiger partial charge is 0.103 e. The summed E-state index contributed by atoms with van der Waals surface area (Å²) in [4.78, 5) is 2.05. The SMILES string of the molecule is Cc1cc(C(Cl)c2scc(C)c2Cl)sc1Cl. The van der Waals surface area contributed by atoms with Gasteiger partial charge in [0.2, 0.25) is 0 Å². The predicted octanol–water partition coefficient (Wildman–Crippen LogP) is 6.06. The zero-order valence-electron chi connectivity index (χ0n) is 8.68. The molecule has 2 rings (SSSR count). The Morgan fingerprint density at radius 1 is 1.19 bits per heavy atom. The fourth-order valence-electron chi connectivity index (χ4n) is 1.36. The molecule has 0 aliphatic carbocycles. The van der Waals surface area contributed by atoms with Crippen LogP contribution in [0.2, 0.25) is 9.36 Å². The topological polar surface area (TPSA) is 0 Å². The van der Waals surface area contributed by atoms with Crippen LogP contribution in [0.25, 0.3) is 0 Å². The highest BCUT2D eigenvalue weighted by Crippen LogP contribution is 2.43. The summed E-state index contributed by atoms with van der Waals surface area (Å²) in [5.41, 5.74) is 2.14. The second-order valence-electron chi connectivity index (χ2n) is 3.56. The molecule has 5 heteroatoms. The minimum Gasteiger partial charge on any atom is -0.145 e. The minimum absolute atomic E-state index is 0.192. The van der Waals surface area contributed by atoms with E-state index in [9.17, 15) is 0 Å². The molecule has 0 bridgehead atoms. The van der Waals surface area contributed by atoms with Gasteiger partial charge in [-0.25, -0.2) is 0 Å². The van der Waals surface area contributed by atoms with Crippen LogP contribution in [0.5, 0.6) is 0 Å². The molecule has 0 saturated heterocycles. The van der Waals surface area contributed by atoms with Crippen LogP contribution in [0.4, 0.5) is 0 Å². The van der Waals surface area contributed by atoms with Crippen molar-refractivity contribution in [1.82, 2.24) is 0 Å². The first-order chi connectivity index (χ1) is 7.50. The quantitative estimate of drug-likeness (QED) is 0.591. The summed E-state index contributed by atoms with van der Waals surface area (Å²) < 4.78 is 0.796. The molecule has 0 aliphatic rings. The van der Waals surface area contributed by atoms with Gasteiger partial charge in [0.25, 0.3) is 0 Å². The maximum atomic E-state index is 6.41. The molecule has 1 unspecified atom stereocenters. The van der Waals surface area contributed by atoms with Gasteiger partial charge in [0.05, 0.1) is 9.36 Å². The van der Waals surface area contributed by atoms with E-state index >= 15 is 0 Å². The number of rotatable bonds is 2. The van der Waals surface area contributed by atoms with E-state index in [1.165, 1.54) is 11.3 Å². The molecular weight excluding hydrogens is 303 g/mol. The zero-order chi connectivity index (χ0) is 11.9. The van der Waals surface area contributed by atoms with Crippen LogP contribution in [0.1, 0.15) is 26.3 Å². The molecule has 0 aliphatic heterocycles. The van der Waals surface area contributed by atoms with Crippen LogP contribution in [-0.4, -0.2) is 0 Å². The molecule has 0 nitrogen and oxygen atoms in total. The van der Waals surface area contributed by atoms with Gasteiger partial charge in [0, 0.05) is 9.75 Å². The molecule has 16 heavy (non-hydrogen) atoms. The molecular formula is C11H9Cl3S2. The molecule has 0 saturated carbocycles. The summed E-state index contributed by atoms with van der Waals surface area (Å²) in [7, 11) is 0. The van der Waals surface area contributed by atoms with Gasteiger partial charge in [-0.1, -0.05) is 23.2 Å². The van der Waals surface area contributed by atoms with Gasteiger partial charge in [-0.15, -0.1) is 34.3 Å². The van der Waals surface area contributed by atoms with Gasteiger partial charge < -0.3 is 0 Å². The lowest BCUT2D eigenvalue weighted by Crippen LogP contribution is -1.86. The van der Waals surface area contributed by atoms with E-state index < -0.39 is 0 Å². The number of thiophene rings is 2. The second kappa shape index (κ2) is 4.87. The molecule has 0 radical (unpaired) electrons. The lowest BCUT2D eigenvalue weighted by atomic mass is 10.2. The Labute approximate surface area is 118 Å². The standard InChI is InChI=1S/C11H9Cl3S2/c1-5-3-7(16-11(5)14)9(13)10-8(12)6(2)4-15-10/h3-4,9H,1-2H3. The molecule has 2 aromatic rings. The Morgan fingerprint density at radius 3 is 2.31 bits per heavy atom. The molecule has 0 spiro atoms. The van der Waals surface area contributed by atoms with E-state index in [1.807, 2.05) is 25.3 Å². The third kappa shape index (κ3) is 2.27. The van der Waals surface area contributed by atoms with Gasteiger partial charge in [-0.2, -0.15) is 0 Å². The maximum absolute atomic E-state index is 6.41. The summed E-state index contributed by atoms with van der Waals surface area (Å²) in [6.45, 7) is 3.96. The zero-order valence-corrected chi connectivity index (χ0v) is 12.6. The van der Waals surface area contributed by atoms with Crippen LogP contribution in [0, 0.1) is 13.8 Å². The molecule has 0 aromatic carbocycles. The van der Waals surface area contributed by atoms with Crippen molar-refractivity contribution in [1.29, 1.82) is 0 Å². The highest BCUT2D eigenvalue weighted by molar-refractivity contribution is 7.17. The fraction of sp³-hybridized carbons (Fsp3) is 0.273. The largest absolute Gasteiger partial charge is 0.145 e. The molecule has 86 valence electrons. The highest BCUT2D eigenvalue weighted by Gasteiger charge is 2.20. The Kier molecular flexibility index (Phi) is 3.87. The van der Waals surface area contributed by atoms with Crippen molar-refractivity contribution in [2.24, 2.45) is 0 Å². The van der Waals surface area contributed by atoms with Crippen molar-refractivity contribution in [3.63, 3.8) is 0 Å². The van der Waals surface area contributed by atoms with Crippen LogP contribution in [-0.2, 0) is 0 Å². The van der Waals surface area contributed by atoms with Crippen LogP contribution in [0.15, 0.2) is 11.4 Å². The van der Waals surface area contributed by atoms with E-state index in [4.69, 9.17) is 34.8 Å². The number of alkyl halides is 1. The first kappa shape index (κ1) is 12.7. The number of hydrogen-bond donors (Lipinski definition) is 0. The Hall–Kier alpha value is 0.270. The van der Waals surface area contributed by atoms with Crippen molar-refractivity contribution in [2.45, 2.75) is 19.2 Å². The number of aryl methyl sites for hydroxylation is 2. The third-order valence-corrected chi connectivity index (χ3v) is 6.39. The van der Waals surface area contributed by atoms with Crippen molar-refractivity contribution >= 4 is 57.5 Å². The summed E-state index contributed by atoms with van der Waals surface area (Å²) in [5.74, 6) is 0. The summed E-state index contributed by atoms with van der Waals surface area (Å²) in [6.07, 6.45) is 0. The highest BCUT2D eigenvalue weighted by atomic mass is 35.5. The van der Waals surface area contributed by atoms with Crippen molar-refractivity contribution in [3.8, 4) is 0 Å². The first-order valence-electron chi connectivity index (χ1n) is 4.64. The second-order valence-corrected chi connectivity index (χ2v) is 6.98. The normalized spacial score (nSPS) is 13.1. The van der Waals surface area contributed by atoms with Crippen LogP contribution in [0.3, 0.4) is 0 Å². The number of halogens is 3. The van der Waals surface area contributed by atoms with Gasteiger partial charge in [-0.05, 0) is 36.4 Å². The molecule has 1 atom stereocenters. The number of hydrogen-bond acceptors (Lipinski definition) is 2. The lowest BCUT2D eigenvalue weighted by Gasteiger charge is -2.05. The Balaban J connectivity index is 2.38. The predicted molar refractivity (Wildman–Crippen MR) is 75.8 cm³/mol. The Morgan fingerprint density at radius 2 is 1.88 bits per heavy atom. The fourth-order valence-corrected chi connectivity index (χ4v) is 4.45. The first-order valence-corrected chi connectivity index (χ1v) is 7.53. The van der Waals surface area contributed by atoms with Gasteiger partial charge in [-0.3, -0.25) is 0 Å². The average Bonchev–Trinajstić information content (AvgIpc) is 2.73. The third-order valence-electron chi connectivity index (χ3n) is 2.28. The maximum Gasteiger partial charge on any atom is 0.103 e. The molecule has 0 amide bonds. The van der Waals surface area contributed by atoms with Crippen LogP contribution >= 0.6 is 57.5 Å². The van der Waals surface area contributed by atoms with Gasteiger partial charge >= 0.3 is 0 Å². The minimum atomic E-state index is -0.192. The summed E-state index contributed by atoms with van der Waals surface area (Å²) in [6, 6.07) is 2.02. The van der Waals surface area contributed by atoms with E-state index in [1.54, 1.807) is 11.3 Å². The van der Waals surface area contributed by atoms with Crippen molar-refractivity contribution in [2.75, 3.05) is 0 Å². The van der Waals surface area contributed by atoms with E-state index in [2.05, 4.69) is 0 Å². The van der Waals surface area contributed by atoms with Gasteiger partial charge in [0.1, 0.15) is 5.38 Å². The molecule has 2 heterocycles. The monoisotopic (exact) mass is 310 g/mol. The van der Waals surface area contributed by atoms with Crippen molar-refractivity contribution < 1.29 is 0 Å². The van der Waals surface area contributed by atoms with Crippen molar-refractivity contribution in [3.05, 3.63) is 41.7 Å².